The van der Waals surface area contributed by atoms with Gasteiger partial charge in [0.2, 0.25) is 0 Å². The summed E-state index contributed by atoms with van der Waals surface area (Å²) in [6.07, 6.45) is 0.697. The second-order valence-corrected chi connectivity index (χ2v) is 4.68. The van der Waals surface area contributed by atoms with Crippen molar-refractivity contribution in [1.82, 2.24) is 5.32 Å². The van der Waals surface area contributed by atoms with Crippen molar-refractivity contribution in [2.24, 2.45) is 0 Å². The highest BCUT2D eigenvalue weighted by Crippen LogP contribution is 2.18. The Labute approximate surface area is 123 Å². The average Bonchev–Trinajstić information content (AvgIpc) is 2.45. The van der Waals surface area contributed by atoms with E-state index in [9.17, 15) is 14.0 Å². The zero-order valence-corrected chi connectivity index (χ0v) is 12.4. The fraction of sp³-hybridized carbons (Fsp3) is 0.467. The normalized spacial score (nSPS) is 11.6. The summed E-state index contributed by atoms with van der Waals surface area (Å²) in [4.78, 5) is 23.0. The monoisotopic (exact) mass is 297 g/mol. The van der Waals surface area contributed by atoms with Crippen LogP contribution in [0, 0.1) is 5.82 Å². The first-order valence-corrected chi connectivity index (χ1v) is 6.73. The largest absolute Gasteiger partial charge is 0.494 e. The van der Waals surface area contributed by atoms with E-state index in [2.05, 4.69) is 5.32 Å². The number of hydrogen-bond donors (Lipinski definition) is 1. The van der Waals surface area contributed by atoms with E-state index in [4.69, 9.17) is 9.47 Å². The van der Waals surface area contributed by atoms with Gasteiger partial charge >= 0.3 is 5.97 Å². The summed E-state index contributed by atoms with van der Waals surface area (Å²) in [6, 6.07) is 4.25. The minimum atomic E-state index is -0.584. The van der Waals surface area contributed by atoms with E-state index >= 15 is 0 Å². The predicted octanol–water partition coefficient (Wildman–Crippen LogP) is 1.83. The molecule has 0 radical (unpaired) electrons. The quantitative estimate of drug-likeness (QED) is 0.780. The fourth-order valence-electron chi connectivity index (χ4n) is 1.60. The first-order chi connectivity index (χ1) is 9.96. The highest BCUT2D eigenvalue weighted by atomic mass is 19.1. The van der Waals surface area contributed by atoms with Gasteiger partial charge in [-0.05, 0) is 31.0 Å². The van der Waals surface area contributed by atoms with E-state index in [-0.39, 0.29) is 30.7 Å². The molecule has 21 heavy (non-hydrogen) atoms. The second kappa shape index (κ2) is 8.24. The highest BCUT2D eigenvalue weighted by molar-refractivity contribution is 5.81. The fourth-order valence-corrected chi connectivity index (χ4v) is 1.60. The van der Waals surface area contributed by atoms with Gasteiger partial charge in [0.25, 0.3) is 5.91 Å². The molecule has 0 heterocycles. The van der Waals surface area contributed by atoms with Gasteiger partial charge in [-0.15, -0.1) is 0 Å². The number of esters is 1. The molecule has 0 aromatic heterocycles. The molecule has 0 unspecified atom stereocenters. The molecule has 6 heteroatoms. The number of benzene rings is 1. The standard InChI is InChI=1S/C15H20FNO4/c1-4-10(2)17-14(18)9-21-15(19)8-11-5-6-13(20-3)12(16)7-11/h5-7,10H,4,8-9H2,1-3H3,(H,17,18)/t10-/m0/s1. The number of halogens is 1. The van der Waals surface area contributed by atoms with E-state index < -0.39 is 11.8 Å². The number of carbonyl (C=O) groups excluding carboxylic acids is 2. The molecule has 1 atom stereocenters. The third kappa shape index (κ3) is 5.81. The number of methoxy groups -OCH3 is 1. The van der Waals surface area contributed by atoms with Gasteiger partial charge in [0.15, 0.2) is 18.2 Å². The molecule has 0 bridgehead atoms. The second-order valence-electron chi connectivity index (χ2n) is 4.68. The van der Waals surface area contributed by atoms with Crippen molar-refractivity contribution in [3.05, 3.63) is 29.6 Å². The van der Waals surface area contributed by atoms with E-state index in [1.54, 1.807) is 6.07 Å². The molecule has 116 valence electrons. The van der Waals surface area contributed by atoms with Crippen molar-refractivity contribution >= 4 is 11.9 Å². The molecular weight excluding hydrogens is 277 g/mol. The topological polar surface area (TPSA) is 64.6 Å². The summed E-state index contributed by atoms with van der Waals surface area (Å²) in [5.41, 5.74) is 0.459. The van der Waals surface area contributed by atoms with Crippen LogP contribution in [0.4, 0.5) is 4.39 Å². The number of amides is 1. The summed E-state index contributed by atoms with van der Waals surface area (Å²) < 4.78 is 23.1. The number of hydrogen-bond acceptors (Lipinski definition) is 4. The van der Waals surface area contributed by atoms with Gasteiger partial charge in [-0.2, -0.15) is 0 Å². The zero-order chi connectivity index (χ0) is 15.8. The SMILES string of the molecule is CC[C@H](C)NC(=O)COC(=O)Cc1ccc(OC)c(F)c1. The number of nitrogens with one attached hydrogen (secondary N) is 1. The molecule has 0 aliphatic heterocycles. The predicted molar refractivity (Wildman–Crippen MR) is 75.5 cm³/mol. The van der Waals surface area contributed by atoms with Gasteiger partial charge in [-0.1, -0.05) is 13.0 Å². The van der Waals surface area contributed by atoms with Gasteiger partial charge < -0.3 is 14.8 Å². The van der Waals surface area contributed by atoms with Crippen molar-refractivity contribution in [1.29, 1.82) is 0 Å². The molecule has 1 rings (SSSR count). The van der Waals surface area contributed by atoms with Crippen molar-refractivity contribution in [2.75, 3.05) is 13.7 Å². The molecule has 0 spiro atoms. The Morgan fingerprint density at radius 2 is 2.10 bits per heavy atom. The lowest BCUT2D eigenvalue weighted by Crippen LogP contribution is -2.35. The molecule has 1 aromatic carbocycles. The van der Waals surface area contributed by atoms with Crippen LogP contribution >= 0.6 is 0 Å². The van der Waals surface area contributed by atoms with Gasteiger partial charge in [0, 0.05) is 6.04 Å². The van der Waals surface area contributed by atoms with Crippen LogP contribution in [0.25, 0.3) is 0 Å². The molecule has 0 aliphatic rings. The van der Waals surface area contributed by atoms with E-state index in [1.807, 2.05) is 13.8 Å². The van der Waals surface area contributed by atoms with Crippen LogP contribution in [-0.2, 0) is 20.7 Å². The minimum absolute atomic E-state index is 0.0342. The average molecular weight is 297 g/mol. The first kappa shape index (κ1) is 16.9. The van der Waals surface area contributed by atoms with Crippen LogP contribution in [0.5, 0.6) is 5.75 Å². The third-order valence-electron chi connectivity index (χ3n) is 2.95. The maximum atomic E-state index is 13.5. The maximum absolute atomic E-state index is 13.5. The summed E-state index contributed by atoms with van der Waals surface area (Å²) in [5.74, 6) is -1.37. The van der Waals surface area contributed by atoms with Crippen LogP contribution in [0.2, 0.25) is 0 Å². The molecule has 0 saturated carbocycles. The molecule has 1 aromatic rings. The summed E-state index contributed by atoms with van der Waals surface area (Å²) in [5, 5.41) is 2.68. The number of rotatable bonds is 7. The lowest BCUT2D eigenvalue weighted by atomic mass is 10.1. The molecule has 5 nitrogen and oxygen atoms in total. The van der Waals surface area contributed by atoms with Gasteiger partial charge in [-0.25, -0.2) is 4.39 Å². The van der Waals surface area contributed by atoms with Crippen LogP contribution in [0.1, 0.15) is 25.8 Å². The Kier molecular flexibility index (Phi) is 6.65. The van der Waals surface area contributed by atoms with Crippen LogP contribution in [0.15, 0.2) is 18.2 Å². The van der Waals surface area contributed by atoms with E-state index in [0.29, 0.717) is 5.56 Å². The Morgan fingerprint density at radius 3 is 2.67 bits per heavy atom. The number of ether oxygens (including phenoxy) is 2. The van der Waals surface area contributed by atoms with Crippen molar-refractivity contribution in [3.8, 4) is 5.75 Å². The summed E-state index contributed by atoms with van der Waals surface area (Å²) in [6.45, 7) is 3.47. The zero-order valence-electron chi connectivity index (χ0n) is 12.4. The minimum Gasteiger partial charge on any atom is -0.494 e. The van der Waals surface area contributed by atoms with Gasteiger partial charge in [0.1, 0.15) is 0 Å². The molecule has 1 N–H and O–H groups in total. The summed E-state index contributed by atoms with van der Waals surface area (Å²) in [7, 11) is 1.36. The third-order valence-corrected chi connectivity index (χ3v) is 2.95. The molecule has 1 amide bonds. The Balaban J connectivity index is 2.43. The van der Waals surface area contributed by atoms with Crippen LogP contribution < -0.4 is 10.1 Å². The lowest BCUT2D eigenvalue weighted by Gasteiger charge is -2.11. The van der Waals surface area contributed by atoms with Crippen LogP contribution in [-0.4, -0.2) is 31.6 Å². The smallest absolute Gasteiger partial charge is 0.310 e. The Hall–Kier alpha value is -2.11. The Morgan fingerprint density at radius 1 is 1.38 bits per heavy atom. The van der Waals surface area contributed by atoms with Crippen molar-refractivity contribution < 1.29 is 23.5 Å². The van der Waals surface area contributed by atoms with Gasteiger partial charge in [0.05, 0.1) is 13.5 Å². The highest BCUT2D eigenvalue weighted by Gasteiger charge is 2.11. The number of carbonyl (C=O) groups is 2. The molecule has 0 fully saturated rings. The van der Waals surface area contributed by atoms with Crippen molar-refractivity contribution in [2.45, 2.75) is 32.7 Å². The maximum Gasteiger partial charge on any atom is 0.310 e. The lowest BCUT2D eigenvalue weighted by molar-refractivity contribution is -0.148. The van der Waals surface area contributed by atoms with Crippen molar-refractivity contribution in [3.63, 3.8) is 0 Å². The molecule has 0 aliphatic carbocycles. The van der Waals surface area contributed by atoms with E-state index in [0.717, 1.165) is 6.42 Å². The van der Waals surface area contributed by atoms with Crippen LogP contribution in [0.3, 0.4) is 0 Å². The molecular formula is C15H20FNO4. The molecule has 0 saturated heterocycles. The van der Waals surface area contributed by atoms with E-state index in [1.165, 1.54) is 19.2 Å². The first-order valence-electron chi connectivity index (χ1n) is 6.73. The van der Waals surface area contributed by atoms with Gasteiger partial charge in [-0.3, -0.25) is 9.59 Å². The summed E-state index contributed by atoms with van der Waals surface area (Å²) >= 11 is 0. The Bertz CT molecular complexity index is 504.